The fourth-order valence-corrected chi connectivity index (χ4v) is 2.60. The number of benzene rings is 1. The van der Waals surface area contributed by atoms with E-state index in [1.807, 2.05) is 12.1 Å². The number of carboxylic acid groups (broad SMARTS) is 1. The molecule has 0 aliphatic heterocycles. The Morgan fingerprint density at radius 3 is 2.80 bits per heavy atom. The Labute approximate surface area is 117 Å². The van der Waals surface area contributed by atoms with Gasteiger partial charge in [0, 0.05) is 18.4 Å². The fraction of sp³-hybridized carbons (Fsp3) is 0.375. The van der Waals surface area contributed by atoms with Crippen LogP contribution < -0.4 is 0 Å². The van der Waals surface area contributed by atoms with E-state index in [0.29, 0.717) is 25.2 Å². The smallest absolute Gasteiger partial charge is 0.306 e. The molecule has 1 heterocycles. The summed E-state index contributed by atoms with van der Waals surface area (Å²) in [6, 6.07) is 8.15. The summed E-state index contributed by atoms with van der Waals surface area (Å²) in [7, 11) is 0. The van der Waals surface area contributed by atoms with Crippen LogP contribution in [0.4, 0.5) is 0 Å². The lowest BCUT2D eigenvalue weighted by Gasteiger charge is -2.15. The zero-order valence-electron chi connectivity index (χ0n) is 11.4. The zero-order chi connectivity index (χ0) is 14.1. The average molecular weight is 271 g/mol. The molecule has 3 rings (SSSR count). The van der Waals surface area contributed by atoms with Crippen LogP contribution in [0.5, 0.6) is 0 Å². The monoisotopic (exact) mass is 271 g/mol. The van der Waals surface area contributed by atoms with Crippen molar-refractivity contribution in [1.82, 2.24) is 4.98 Å². The highest BCUT2D eigenvalue weighted by atomic mass is 16.4. The molecule has 1 aromatic heterocycles. The number of carboxylic acids is 1. The molecule has 0 saturated heterocycles. The number of carbonyl (C=O) groups is 1. The van der Waals surface area contributed by atoms with Crippen LogP contribution in [0.25, 0.3) is 11.5 Å². The summed E-state index contributed by atoms with van der Waals surface area (Å²) in [5, 5.41) is 9.09. The quantitative estimate of drug-likeness (QED) is 0.931. The van der Waals surface area contributed by atoms with Gasteiger partial charge in [-0.1, -0.05) is 19.1 Å². The summed E-state index contributed by atoms with van der Waals surface area (Å²) in [5.41, 5.74) is 3.03. The molecule has 0 bridgehead atoms. The second-order valence-corrected chi connectivity index (χ2v) is 5.22. The van der Waals surface area contributed by atoms with Crippen LogP contribution in [-0.2, 0) is 24.1 Å². The Morgan fingerprint density at radius 2 is 2.15 bits per heavy atom. The third-order valence-corrected chi connectivity index (χ3v) is 3.90. The van der Waals surface area contributed by atoms with Crippen molar-refractivity contribution in [2.75, 3.05) is 0 Å². The van der Waals surface area contributed by atoms with E-state index in [2.05, 4.69) is 24.0 Å². The standard InChI is InChI=1S/C16H17NO3/c1-2-10-3-5-11(6-4-10)15-17-13-9-12(16(18)19)7-8-14(13)20-15/h3-6,12H,2,7-9H2,1H3,(H,18,19). The van der Waals surface area contributed by atoms with Gasteiger partial charge >= 0.3 is 5.97 Å². The van der Waals surface area contributed by atoms with Crippen LogP contribution in [0.15, 0.2) is 28.7 Å². The lowest BCUT2D eigenvalue weighted by Crippen LogP contribution is -2.21. The number of oxazole rings is 1. The van der Waals surface area contributed by atoms with Crippen molar-refractivity contribution in [2.24, 2.45) is 5.92 Å². The van der Waals surface area contributed by atoms with Gasteiger partial charge in [0.2, 0.25) is 5.89 Å². The lowest BCUT2D eigenvalue weighted by atomic mass is 9.90. The maximum atomic E-state index is 11.1. The minimum absolute atomic E-state index is 0.331. The van der Waals surface area contributed by atoms with Crippen molar-refractivity contribution in [1.29, 1.82) is 0 Å². The van der Waals surface area contributed by atoms with E-state index in [-0.39, 0.29) is 5.92 Å². The number of rotatable bonds is 3. The predicted octanol–water partition coefficient (Wildman–Crippen LogP) is 3.09. The van der Waals surface area contributed by atoms with Gasteiger partial charge in [0.15, 0.2) is 0 Å². The van der Waals surface area contributed by atoms with Crippen molar-refractivity contribution in [2.45, 2.75) is 32.6 Å². The molecule has 0 saturated carbocycles. The number of fused-ring (bicyclic) bond motifs is 1. The van der Waals surface area contributed by atoms with Gasteiger partial charge in [-0.15, -0.1) is 0 Å². The molecule has 2 aromatic rings. The molecule has 104 valence electrons. The highest BCUT2D eigenvalue weighted by Crippen LogP contribution is 2.30. The zero-order valence-corrected chi connectivity index (χ0v) is 11.4. The van der Waals surface area contributed by atoms with Crippen LogP contribution in [0.2, 0.25) is 0 Å². The van der Waals surface area contributed by atoms with Gasteiger partial charge in [0.1, 0.15) is 5.76 Å². The van der Waals surface area contributed by atoms with Gasteiger partial charge in [0.25, 0.3) is 0 Å². The minimum Gasteiger partial charge on any atom is -0.481 e. The minimum atomic E-state index is -0.743. The van der Waals surface area contributed by atoms with Gasteiger partial charge < -0.3 is 9.52 Å². The van der Waals surface area contributed by atoms with E-state index in [1.165, 1.54) is 5.56 Å². The third kappa shape index (κ3) is 2.33. The maximum Gasteiger partial charge on any atom is 0.306 e. The SMILES string of the molecule is CCc1ccc(-c2nc3c(o2)CCC(C(=O)O)C3)cc1. The van der Waals surface area contributed by atoms with E-state index in [4.69, 9.17) is 9.52 Å². The van der Waals surface area contributed by atoms with Crippen LogP contribution >= 0.6 is 0 Å². The Bertz CT molecular complexity index is 628. The van der Waals surface area contributed by atoms with Crippen molar-refractivity contribution in [3.8, 4) is 11.5 Å². The Balaban J connectivity index is 1.87. The first-order valence-corrected chi connectivity index (χ1v) is 6.98. The van der Waals surface area contributed by atoms with Crippen molar-refractivity contribution < 1.29 is 14.3 Å². The molecule has 4 nitrogen and oxygen atoms in total. The summed E-state index contributed by atoms with van der Waals surface area (Å²) in [6.45, 7) is 2.12. The Morgan fingerprint density at radius 1 is 1.40 bits per heavy atom. The second-order valence-electron chi connectivity index (χ2n) is 5.22. The van der Waals surface area contributed by atoms with Gasteiger partial charge in [-0.3, -0.25) is 4.79 Å². The van der Waals surface area contributed by atoms with Crippen molar-refractivity contribution >= 4 is 5.97 Å². The summed E-state index contributed by atoms with van der Waals surface area (Å²) in [4.78, 5) is 15.5. The molecule has 0 spiro atoms. The molecule has 0 fully saturated rings. The first kappa shape index (κ1) is 12.9. The van der Waals surface area contributed by atoms with Crippen molar-refractivity contribution in [3.63, 3.8) is 0 Å². The van der Waals surface area contributed by atoms with E-state index in [9.17, 15) is 4.79 Å². The van der Waals surface area contributed by atoms with E-state index >= 15 is 0 Å². The van der Waals surface area contributed by atoms with Gasteiger partial charge in [0.05, 0.1) is 11.6 Å². The maximum absolute atomic E-state index is 11.1. The van der Waals surface area contributed by atoms with Gasteiger partial charge in [-0.05, 0) is 30.5 Å². The molecule has 1 N–H and O–H groups in total. The summed E-state index contributed by atoms with van der Waals surface area (Å²) in [6.07, 6.45) is 2.77. The highest BCUT2D eigenvalue weighted by molar-refractivity contribution is 5.70. The molecule has 20 heavy (non-hydrogen) atoms. The van der Waals surface area contributed by atoms with E-state index in [1.54, 1.807) is 0 Å². The number of nitrogens with zero attached hydrogens (tertiary/aromatic N) is 1. The fourth-order valence-electron chi connectivity index (χ4n) is 2.60. The first-order valence-electron chi connectivity index (χ1n) is 6.98. The molecule has 1 atom stereocenters. The summed E-state index contributed by atoms with van der Waals surface area (Å²) in [5.74, 6) is 0.371. The normalized spacial score (nSPS) is 17.8. The average Bonchev–Trinajstić information content (AvgIpc) is 2.90. The topological polar surface area (TPSA) is 63.3 Å². The molecule has 1 aromatic carbocycles. The lowest BCUT2D eigenvalue weighted by molar-refractivity contribution is -0.142. The molecule has 4 heteroatoms. The number of hydrogen-bond acceptors (Lipinski definition) is 3. The highest BCUT2D eigenvalue weighted by Gasteiger charge is 2.28. The molecular weight excluding hydrogens is 254 g/mol. The van der Waals surface area contributed by atoms with Crippen molar-refractivity contribution in [3.05, 3.63) is 41.3 Å². The second kappa shape index (κ2) is 5.12. The largest absolute Gasteiger partial charge is 0.481 e. The Hall–Kier alpha value is -2.10. The summed E-state index contributed by atoms with van der Waals surface area (Å²) < 4.78 is 5.79. The Kier molecular flexibility index (Phi) is 3.30. The number of hydrogen-bond donors (Lipinski definition) is 1. The summed E-state index contributed by atoms with van der Waals surface area (Å²) >= 11 is 0. The third-order valence-electron chi connectivity index (χ3n) is 3.90. The number of aliphatic carboxylic acids is 1. The molecule has 0 radical (unpaired) electrons. The van der Waals surface area contributed by atoms with Crippen LogP contribution in [-0.4, -0.2) is 16.1 Å². The molecule has 1 aliphatic carbocycles. The first-order chi connectivity index (χ1) is 9.67. The van der Waals surface area contributed by atoms with E-state index < -0.39 is 5.97 Å². The van der Waals surface area contributed by atoms with Gasteiger partial charge in [-0.25, -0.2) is 4.98 Å². The van der Waals surface area contributed by atoms with Crippen LogP contribution in [0.3, 0.4) is 0 Å². The molecule has 1 unspecified atom stereocenters. The van der Waals surface area contributed by atoms with E-state index in [0.717, 1.165) is 23.4 Å². The molecular formula is C16H17NO3. The molecule has 0 amide bonds. The molecule has 1 aliphatic rings. The number of aromatic nitrogens is 1. The van der Waals surface area contributed by atoms with Crippen LogP contribution in [0.1, 0.15) is 30.4 Å². The van der Waals surface area contributed by atoms with Gasteiger partial charge in [-0.2, -0.15) is 0 Å². The van der Waals surface area contributed by atoms with Crippen LogP contribution in [0, 0.1) is 5.92 Å². The number of aryl methyl sites for hydroxylation is 2. The predicted molar refractivity (Wildman–Crippen MR) is 74.5 cm³/mol.